The maximum Gasteiger partial charge on any atom is 0.573 e. The van der Waals surface area contributed by atoms with Gasteiger partial charge in [-0.15, -0.1) is 13.2 Å². The van der Waals surface area contributed by atoms with Crippen molar-refractivity contribution in [3.05, 3.63) is 59.8 Å². The van der Waals surface area contributed by atoms with Crippen molar-refractivity contribution in [2.24, 2.45) is 12.8 Å². The molecule has 2 heterocycles. The number of halogens is 3. The van der Waals surface area contributed by atoms with Crippen molar-refractivity contribution in [3.63, 3.8) is 0 Å². The SMILES string of the molecule is CCc1cc(-c2cc(NC(=O)Cc3cccc(OC(F)(F)F)c3)nn2C)cc2cnc(N[C@H]3CC[C@H](N)CC3)nc12. The first-order valence-corrected chi connectivity index (χ1v) is 13.6. The van der Waals surface area contributed by atoms with Gasteiger partial charge in [0.2, 0.25) is 11.9 Å². The molecule has 1 amide bonds. The van der Waals surface area contributed by atoms with E-state index in [2.05, 4.69) is 38.4 Å². The molecule has 0 atom stereocenters. The van der Waals surface area contributed by atoms with Crippen LogP contribution in [-0.4, -0.2) is 44.1 Å². The second-order valence-corrected chi connectivity index (χ2v) is 10.3. The summed E-state index contributed by atoms with van der Waals surface area (Å²) in [7, 11) is 1.78. The molecule has 0 radical (unpaired) electrons. The highest BCUT2D eigenvalue weighted by atomic mass is 19.4. The second-order valence-electron chi connectivity index (χ2n) is 10.3. The van der Waals surface area contributed by atoms with E-state index in [9.17, 15) is 18.0 Å². The van der Waals surface area contributed by atoms with Gasteiger partial charge in [0.15, 0.2) is 5.82 Å². The van der Waals surface area contributed by atoms with E-state index in [4.69, 9.17) is 10.7 Å². The first-order valence-electron chi connectivity index (χ1n) is 13.6. The van der Waals surface area contributed by atoms with Crippen LogP contribution in [0.3, 0.4) is 0 Å². The van der Waals surface area contributed by atoms with Crippen molar-refractivity contribution in [2.45, 2.75) is 63.9 Å². The highest BCUT2D eigenvalue weighted by molar-refractivity contribution is 5.92. The number of benzene rings is 2. The molecule has 1 fully saturated rings. The van der Waals surface area contributed by atoms with Crippen LogP contribution in [0.5, 0.6) is 5.75 Å². The Morgan fingerprint density at radius 3 is 2.66 bits per heavy atom. The minimum Gasteiger partial charge on any atom is -0.406 e. The summed E-state index contributed by atoms with van der Waals surface area (Å²) in [6.07, 6.45) is 1.62. The van der Waals surface area contributed by atoms with Gasteiger partial charge in [-0.1, -0.05) is 19.1 Å². The lowest BCUT2D eigenvalue weighted by Gasteiger charge is -2.26. The molecule has 0 aliphatic heterocycles. The summed E-state index contributed by atoms with van der Waals surface area (Å²) >= 11 is 0. The number of carbonyl (C=O) groups excluding carboxylic acids is 1. The van der Waals surface area contributed by atoms with E-state index in [0.29, 0.717) is 23.4 Å². The lowest BCUT2D eigenvalue weighted by Crippen LogP contribution is -2.33. The molecule has 4 aromatic rings. The van der Waals surface area contributed by atoms with Crippen LogP contribution in [0.2, 0.25) is 0 Å². The number of rotatable bonds is 8. The van der Waals surface area contributed by atoms with E-state index >= 15 is 0 Å². The fraction of sp³-hybridized carbons (Fsp3) is 0.379. The van der Waals surface area contributed by atoms with Crippen LogP contribution in [0, 0.1) is 0 Å². The normalized spacial score (nSPS) is 17.4. The number of carbonyl (C=O) groups is 1. The molecule has 0 unspecified atom stereocenters. The molecule has 4 N–H and O–H groups in total. The standard InChI is InChI=1S/C29H32F3N7O2/c1-3-18-13-19(14-20-16-34-28(37-27(18)20)35-22-9-7-21(33)8-10-22)24-15-25(38-39(24)2)36-26(40)12-17-5-4-6-23(11-17)41-29(30,31)32/h4-6,11,13-16,21-22H,3,7-10,12,33H2,1-2H3,(H,34,35,37)(H,36,38,40)/t21-,22-. The zero-order chi connectivity index (χ0) is 29.1. The Labute approximate surface area is 235 Å². The molecule has 2 aromatic carbocycles. The smallest absolute Gasteiger partial charge is 0.406 e. The van der Waals surface area contributed by atoms with E-state index in [1.165, 1.54) is 18.2 Å². The van der Waals surface area contributed by atoms with E-state index in [1.54, 1.807) is 23.9 Å². The van der Waals surface area contributed by atoms with Gasteiger partial charge in [-0.25, -0.2) is 9.97 Å². The number of hydrogen-bond acceptors (Lipinski definition) is 7. The highest BCUT2D eigenvalue weighted by Crippen LogP contribution is 2.30. The Bertz CT molecular complexity index is 1550. The van der Waals surface area contributed by atoms with Crippen molar-refractivity contribution >= 4 is 28.6 Å². The number of aryl methyl sites for hydroxylation is 2. The van der Waals surface area contributed by atoms with E-state index in [-0.39, 0.29) is 18.2 Å². The summed E-state index contributed by atoms with van der Waals surface area (Å²) in [6, 6.07) is 11.7. The third-order valence-electron chi connectivity index (χ3n) is 7.19. The molecule has 216 valence electrons. The first-order chi connectivity index (χ1) is 19.6. The molecule has 1 aliphatic rings. The summed E-state index contributed by atoms with van der Waals surface area (Å²) in [5.41, 5.74) is 10.0. The summed E-state index contributed by atoms with van der Waals surface area (Å²) in [5, 5.41) is 11.5. The number of anilines is 2. The summed E-state index contributed by atoms with van der Waals surface area (Å²) < 4.78 is 43.2. The first kappa shape index (κ1) is 28.3. The number of nitrogens with two attached hydrogens (primary N) is 1. The number of hydrogen-bond donors (Lipinski definition) is 3. The number of aromatic nitrogens is 4. The number of alkyl halides is 3. The van der Waals surface area contributed by atoms with Crippen LogP contribution in [0.4, 0.5) is 24.9 Å². The summed E-state index contributed by atoms with van der Waals surface area (Å²) in [6.45, 7) is 2.07. The monoisotopic (exact) mass is 567 g/mol. The third-order valence-corrected chi connectivity index (χ3v) is 7.19. The van der Waals surface area contributed by atoms with Crippen LogP contribution in [-0.2, 0) is 24.7 Å². The van der Waals surface area contributed by atoms with Gasteiger partial charge in [-0.05, 0) is 67.5 Å². The predicted octanol–water partition coefficient (Wildman–Crippen LogP) is 5.35. The average Bonchev–Trinajstić information content (AvgIpc) is 3.28. The molecular weight excluding hydrogens is 535 g/mol. The lowest BCUT2D eigenvalue weighted by molar-refractivity contribution is -0.274. The Hall–Kier alpha value is -4.19. The Morgan fingerprint density at radius 2 is 1.93 bits per heavy atom. The number of amides is 1. The molecule has 9 nitrogen and oxygen atoms in total. The van der Waals surface area contributed by atoms with Crippen LogP contribution >= 0.6 is 0 Å². The molecule has 0 bridgehead atoms. The number of fused-ring (bicyclic) bond motifs is 1. The molecule has 0 saturated heterocycles. The molecule has 41 heavy (non-hydrogen) atoms. The molecule has 12 heteroatoms. The molecule has 2 aromatic heterocycles. The van der Waals surface area contributed by atoms with E-state index in [0.717, 1.165) is 59.8 Å². The van der Waals surface area contributed by atoms with Crippen molar-refractivity contribution in [1.82, 2.24) is 19.7 Å². The Kier molecular flexibility index (Phi) is 8.11. The highest BCUT2D eigenvalue weighted by Gasteiger charge is 2.31. The van der Waals surface area contributed by atoms with Gasteiger partial charge in [-0.3, -0.25) is 9.48 Å². The lowest BCUT2D eigenvalue weighted by atomic mass is 9.92. The summed E-state index contributed by atoms with van der Waals surface area (Å²) in [4.78, 5) is 22.0. The van der Waals surface area contributed by atoms with Gasteiger partial charge in [0.25, 0.3) is 0 Å². The number of nitrogens with zero attached hydrogens (tertiary/aromatic N) is 4. The zero-order valence-corrected chi connectivity index (χ0v) is 22.8. The zero-order valence-electron chi connectivity index (χ0n) is 22.8. The van der Waals surface area contributed by atoms with Crippen LogP contribution < -0.4 is 21.1 Å². The minimum atomic E-state index is -4.80. The van der Waals surface area contributed by atoms with Crippen LogP contribution in [0.1, 0.15) is 43.7 Å². The van der Waals surface area contributed by atoms with E-state index in [1.807, 2.05) is 12.3 Å². The van der Waals surface area contributed by atoms with Gasteiger partial charge in [0.05, 0.1) is 17.6 Å². The number of nitrogens with one attached hydrogen (secondary N) is 2. The predicted molar refractivity (Wildman–Crippen MR) is 150 cm³/mol. The third kappa shape index (κ3) is 7.12. The fourth-order valence-electron chi connectivity index (χ4n) is 5.18. The number of ether oxygens (including phenoxy) is 1. The quantitative estimate of drug-likeness (QED) is 0.262. The topological polar surface area (TPSA) is 120 Å². The Balaban J connectivity index is 1.31. The maximum atomic E-state index is 12.6. The van der Waals surface area contributed by atoms with Crippen molar-refractivity contribution in [1.29, 1.82) is 0 Å². The Morgan fingerprint density at radius 1 is 1.15 bits per heavy atom. The summed E-state index contributed by atoms with van der Waals surface area (Å²) in [5.74, 6) is 0.148. The molecule has 5 rings (SSSR count). The van der Waals surface area contributed by atoms with E-state index < -0.39 is 12.3 Å². The molecule has 1 saturated carbocycles. The van der Waals surface area contributed by atoms with Crippen molar-refractivity contribution in [3.8, 4) is 17.0 Å². The molecule has 0 spiro atoms. The molecular formula is C29H32F3N7O2. The fourth-order valence-corrected chi connectivity index (χ4v) is 5.18. The maximum absolute atomic E-state index is 12.6. The van der Waals surface area contributed by atoms with Gasteiger partial charge >= 0.3 is 6.36 Å². The van der Waals surface area contributed by atoms with Gasteiger partial charge in [-0.2, -0.15) is 5.10 Å². The largest absolute Gasteiger partial charge is 0.573 e. The van der Waals surface area contributed by atoms with Crippen LogP contribution in [0.15, 0.2) is 48.7 Å². The van der Waals surface area contributed by atoms with Gasteiger partial charge < -0.3 is 21.1 Å². The average molecular weight is 568 g/mol. The van der Waals surface area contributed by atoms with Crippen LogP contribution in [0.25, 0.3) is 22.2 Å². The van der Waals surface area contributed by atoms with Gasteiger partial charge in [0.1, 0.15) is 5.75 Å². The van der Waals surface area contributed by atoms with Gasteiger partial charge in [0, 0.05) is 42.3 Å². The molecule has 1 aliphatic carbocycles. The van der Waals surface area contributed by atoms with Crippen molar-refractivity contribution in [2.75, 3.05) is 10.6 Å². The minimum absolute atomic E-state index is 0.141. The van der Waals surface area contributed by atoms with Crippen molar-refractivity contribution < 1.29 is 22.7 Å². The second kappa shape index (κ2) is 11.7.